The van der Waals surface area contributed by atoms with Crippen LogP contribution in [0.1, 0.15) is 15.9 Å². The summed E-state index contributed by atoms with van der Waals surface area (Å²) in [5.41, 5.74) is 6.67. The lowest BCUT2D eigenvalue weighted by atomic mass is 10.00. The molecule has 0 bridgehead atoms. The molecular formula is C24H20N2O2. The van der Waals surface area contributed by atoms with Gasteiger partial charge in [-0.1, -0.05) is 60.2 Å². The van der Waals surface area contributed by atoms with Crippen molar-refractivity contribution in [1.82, 2.24) is 9.78 Å². The van der Waals surface area contributed by atoms with Crippen LogP contribution in [-0.4, -0.2) is 22.9 Å². The highest BCUT2D eigenvalue weighted by molar-refractivity contribution is 5.90. The smallest absolute Gasteiger partial charge is 0.337 e. The van der Waals surface area contributed by atoms with Gasteiger partial charge in [0.15, 0.2) is 0 Å². The monoisotopic (exact) mass is 368 g/mol. The predicted molar refractivity (Wildman–Crippen MR) is 111 cm³/mol. The van der Waals surface area contributed by atoms with Crippen LogP contribution >= 0.6 is 0 Å². The minimum atomic E-state index is -0.347. The Labute approximate surface area is 164 Å². The molecule has 0 aliphatic carbocycles. The first kappa shape index (κ1) is 17.7. The van der Waals surface area contributed by atoms with Crippen molar-refractivity contribution in [2.75, 3.05) is 7.11 Å². The molecule has 1 aromatic heterocycles. The fourth-order valence-corrected chi connectivity index (χ4v) is 3.13. The van der Waals surface area contributed by atoms with Gasteiger partial charge in [0.25, 0.3) is 0 Å². The molecule has 0 spiro atoms. The number of ether oxygens (including phenoxy) is 1. The van der Waals surface area contributed by atoms with Crippen LogP contribution in [0.3, 0.4) is 0 Å². The van der Waals surface area contributed by atoms with E-state index in [4.69, 9.17) is 9.84 Å². The Morgan fingerprint density at radius 1 is 0.857 bits per heavy atom. The Bertz CT molecular complexity index is 1100. The lowest BCUT2D eigenvalue weighted by Gasteiger charge is -2.05. The molecule has 138 valence electrons. The van der Waals surface area contributed by atoms with Crippen molar-refractivity contribution in [3.63, 3.8) is 0 Å². The number of carbonyl (C=O) groups excluding carboxylic acids is 1. The fraction of sp³-hybridized carbons (Fsp3) is 0.0833. The minimum absolute atomic E-state index is 0.347. The topological polar surface area (TPSA) is 44.1 Å². The zero-order valence-corrected chi connectivity index (χ0v) is 15.8. The van der Waals surface area contributed by atoms with E-state index in [-0.39, 0.29) is 5.97 Å². The van der Waals surface area contributed by atoms with Gasteiger partial charge < -0.3 is 4.74 Å². The van der Waals surface area contributed by atoms with Crippen molar-refractivity contribution >= 4 is 5.97 Å². The molecule has 4 rings (SSSR count). The quantitative estimate of drug-likeness (QED) is 0.459. The summed E-state index contributed by atoms with van der Waals surface area (Å²) in [5.74, 6) is -0.347. The number of aryl methyl sites for hydroxylation is 1. The standard InChI is InChI=1S/C24H20N2O2/c1-17-8-10-18(11-9-17)22-16-26(21-6-4-3-5-7-21)25-23(22)19-12-14-20(15-13-19)24(27)28-2/h3-16H,1-2H3. The molecule has 0 amide bonds. The summed E-state index contributed by atoms with van der Waals surface area (Å²) in [4.78, 5) is 11.7. The summed E-state index contributed by atoms with van der Waals surface area (Å²) in [6, 6.07) is 25.8. The van der Waals surface area contributed by atoms with E-state index in [0.29, 0.717) is 5.56 Å². The zero-order chi connectivity index (χ0) is 19.5. The van der Waals surface area contributed by atoms with Crippen molar-refractivity contribution < 1.29 is 9.53 Å². The van der Waals surface area contributed by atoms with E-state index in [1.165, 1.54) is 12.7 Å². The molecule has 1 heterocycles. The van der Waals surface area contributed by atoms with E-state index in [0.717, 1.165) is 28.1 Å². The number of nitrogens with zero attached hydrogens (tertiary/aromatic N) is 2. The van der Waals surface area contributed by atoms with Gasteiger partial charge in [0.05, 0.1) is 18.4 Å². The number of carbonyl (C=O) groups is 1. The molecule has 0 atom stereocenters. The van der Waals surface area contributed by atoms with E-state index in [2.05, 4.69) is 31.2 Å². The third-order valence-corrected chi connectivity index (χ3v) is 4.68. The van der Waals surface area contributed by atoms with E-state index in [1.54, 1.807) is 12.1 Å². The molecule has 0 radical (unpaired) electrons. The zero-order valence-electron chi connectivity index (χ0n) is 15.8. The first-order valence-electron chi connectivity index (χ1n) is 9.06. The van der Waals surface area contributed by atoms with E-state index >= 15 is 0 Å². The third kappa shape index (κ3) is 3.45. The minimum Gasteiger partial charge on any atom is -0.465 e. The molecule has 0 aliphatic heterocycles. The van der Waals surface area contributed by atoms with Gasteiger partial charge in [-0.2, -0.15) is 5.10 Å². The van der Waals surface area contributed by atoms with E-state index < -0.39 is 0 Å². The van der Waals surface area contributed by atoms with Crippen molar-refractivity contribution in [1.29, 1.82) is 0 Å². The van der Waals surface area contributed by atoms with Gasteiger partial charge in [0.1, 0.15) is 5.69 Å². The molecule has 28 heavy (non-hydrogen) atoms. The Hall–Kier alpha value is -3.66. The van der Waals surface area contributed by atoms with Crippen LogP contribution in [0.4, 0.5) is 0 Å². The van der Waals surface area contributed by atoms with Gasteiger partial charge >= 0.3 is 5.97 Å². The molecule has 0 aliphatic rings. The SMILES string of the molecule is COC(=O)c1ccc(-c2nn(-c3ccccc3)cc2-c2ccc(C)cc2)cc1. The van der Waals surface area contributed by atoms with Crippen LogP contribution in [-0.2, 0) is 4.74 Å². The van der Waals surface area contributed by atoms with Crippen LogP contribution in [0.5, 0.6) is 0 Å². The van der Waals surface area contributed by atoms with Gasteiger partial charge in [-0.3, -0.25) is 0 Å². The maximum atomic E-state index is 11.7. The summed E-state index contributed by atoms with van der Waals surface area (Å²) in [6.45, 7) is 2.07. The van der Waals surface area contributed by atoms with E-state index in [1.807, 2.05) is 53.3 Å². The van der Waals surface area contributed by atoms with Gasteiger partial charge in [-0.15, -0.1) is 0 Å². The highest BCUT2D eigenvalue weighted by Gasteiger charge is 2.15. The predicted octanol–water partition coefficient (Wildman–Crippen LogP) is 5.30. The molecule has 0 fully saturated rings. The summed E-state index contributed by atoms with van der Waals surface area (Å²) in [5, 5.41) is 4.84. The van der Waals surface area contributed by atoms with Crippen molar-refractivity contribution in [2.45, 2.75) is 6.92 Å². The second kappa shape index (κ2) is 7.53. The first-order chi connectivity index (χ1) is 13.7. The number of para-hydroxylation sites is 1. The molecule has 0 N–H and O–H groups in total. The van der Waals surface area contributed by atoms with Crippen LogP contribution < -0.4 is 0 Å². The van der Waals surface area contributed by atoms with Crippen LogP contribution in [0.15, 0.2) is 85.1 Å². The number of esters is 1. The normalized spacial score (nSPS) is 10.6. The summed E-state index contributed by atoms with van der Waals surface area (Å²) in [7, 11) is 1.38. The van der Waals surface area contributed by atoms with Crippen LogP contribution in [0, 0.1) is 6.92 Å². The average molecular weight is 368 g/mol. The molecule has 3 aromatic carbocycles. The summed E-state index contributed by atoms with van der Waals surface area (Å²) in [6.07, 6.45) is 2.05. The molecule has 0 saturated carbocycles. The Morgan fingerprint density at radius 3 is 2.14 bits per heavy atom. The van der Waals surface area contributed by atoms with Gasteiger partial charge in [-0.05, 0) is 36.8 Å². The van der Waals surface area contributed by atoms with Crippen molar-refractivity contribution in [3.05, 3.63) is 96.2 Å². The number of rotatable bonds is 4. The second-order valence-electron chi connectivity index (χ2n) is 6.61. The highest BCUT2D eigenvalue weighted by Crippen LogP contribution is 2.32. The fourth-order valence-electron chi connectivity index (χ4n) is 3.13. The van der Waals surface area contributed by atoms with Crippen molar-refractivity contribution in [2.24, 2.45) is 0 Å². The molecular weight excluding hydrogens is 348 g/mol. The molecule has 4 nitrogen and oxygen atoms in total. The number of hydrogen-bond acceptors (Lipinski definition) is 3. The largest absolute Gasteiger partial charge is 0.465 e. The Kier molecular flexibility index (Phi) is 4.77. The maximum Gasteiger partial charge on any atom is 0.337 e. The lowest BCUT2D eigenvalue weighted by molar-refractivity contribution is 0.0601. The number of aromatic nitrogens is 2. The molecule has 0 saturated heterocycles. The first-order valence-corrected chi connectivity index (χ1v) is 9.06. The Morgan fingerprint density at radius 2 is 1.50 bits per heavy atom. The number of benzene rings is 3. The van der Waals surface area contributed by atoms with Crippen LogP contribution in [0.2, 0.25) is 0 Å². The molecule has 4 heteroatoms. The molecule has 0 unspecified atom stereocenters. The van der Waals surface area contributed by atoms with E-state index in [9.17, 15) is 4.79 Å². The summed E-state index contributed by atoms with van der Waals surface area (Å²) >= 11 is 0. The third-order valence-electron chi connectivity index (χ3n) is 4.68. The number of hydrogen-bond donors (Lipinski definition) is 0. The maximum absolute atomic E-state index is 11.7. The Balaban J connectivity index is 1.83. The van der Waals surface area contributed by atoms with Gasteiger partial charge in [0.2, 0.25) is 0 Å². The lowest BCUT2D eigenvalue weighted by Crippen LogP contribution is -2.00. The van der Waals surface area contributed by atoms with Gasteiger partial charge in [0, 0.05) is 17.3 Å². The second-order valence-corrected chi connectivity index (χ2v) is 6.61. The highest BCUT2D eigenvalue weighted by atomic mass is 16.5. The van der Waals surface area contributed by atoms with Gasteiger partial charge in [-0.25, -0.2) is 9.48 Å². The van der Waals surface area contributed by atoms with Crippen molar-refractivity contribution in [3.8, 4) is 28.1 Å². The summed E-state index contributed by atoms with van der Waals surface area (Å²) < 4.78 is 6.68. The molecule has 4 aromatic rings. The average Bonchev–Trinajstić information content (AvgIpc) is 3.20. The van der Waals surface area contributed by atoms with Crippen LogP contribution in [0.25, 0.3) is 28.1 Å². The number of methoxy groups -OCH3 is 1.